The van der Waals surface area contributed by atoms with E-state index < -0.39 is 5.97 Å². The van der Waals surface area contributed by atoms with Crippen LogP contribution in [0.5, 0.6) is 0 Å². The number of esters is 1. The van der Waals surface area contributed by atoms with Crippen molar-refractivity contribution < 1.29 is 19.1 Å². The van der Waals surface area contributed by atoms with E-state index >= 15 is 0 Å². The first-order valence-corrected chi connectivity index (χ1v) is 13.6. The van der Waals surface area contributed by atoms with Crippen LogP contribution >= 0.6 is 0 Å². The van der Waals surface area contributed by atoms with Crippen molar-refractivity contribution in [2.75, 3.05) is 52.5 Å². The van der Waals surface area contributed by atoms with Crippen molar-refractivity contribution in [1.82, 2.24) is 19.7 Å². The minimum Gasteiger partial charge on any atom is -0.459 e. The molecule has 0 radical (unpaired) electrons. The lowest BCUT2D eigenvalue weighted by Gasteiger charge is -2.39. The standard InChI is InChI=1S/C29H40N4O4/c1-20(2)37-27(34)23-18-33(19-29(3,4)25-22-9-5-6-10-24(22)30-26(23)25)28(35)32-11-7-8-21(17-32)16-31-12-14-36-15-13-31/h5-6,9-10,18,20-21,30H,7-8,11-17,19H2,1-4H3/t21-/m0/s1. The predicted molar refractivity (Wildman–Crippen MR) is 144 cm³/mol. The first-order chi connectivity index (χ1) is 17.7. The number of aromatic amines is 1. The highest BCUT2D eigenvalue weighted by molar-refractivity contribution is 6.18. The van der Waals surface area contributed by atoms with Gasteiger partial charge in [0.1, 0.15) is 0 Å². The molecule has 0 spiro atoms. The summed E-state index contributed by atoms with van der Waals surface area (Å²) < 4.78 is 11.1. The number of nitrogens with zero attached hydrogens (tertiary/aromatic N) is 3. The molecule has 1 aromatic heterocycles. The van der Waals surface area contributed by atoms with Crippen LogP contribution in [0.1, 0.15) is 51.8 Å². The fourth-order valence-corrected chi connectivity index (χ4v) is 6.09. The molecule has 2 saturated heterocycles. The number of fused-ring (bicyclic) bond motifs is 3. The summed E-state index contributed by atoms with van der Waals surface area (Å²) in [6, 6.07) is 8.07. The number of morpholine rings is 1. The maximum Gasteiger partial charge on any atom is 0.342 e. The Balaban J connectivity index is 1.45. The number of ether oxygens (including phenoxy) is 2. The average molecular weight is 509 g/mol. The first-order valence-electron chi connectivity index (χ1n) is 13.6. The molecule has 5 rings (SSSR count). The summed E-state index contributed by atoms with van der Waals surface area (Å²) in [5.74, 6) is 0.0314. The van der Waals surface area contributed by atoms with Crippen LogP contribution in [0.15, 0.2) is 30.5 Å². The second kappa shape index (κ2) is 10.5. The van der Waals surface area contributed by atoms with Gasteiger partial charge in [0.2, 0.25) is 0 Å². The van der Waals surface area contributed by atoms with Gasteiger partial charge in [0.15, 0.2) is 0 Å². The van der Waals surface area contributed by atoms with Crippen molar-refractivity contribution in [3.05, 3.63) is 41.7 Å². The number of carbonyl (C=O) groups is 2. The van der Waals surface area contributed by atoms with Crippen molar-refractivity contribution in [3.8, 4) is 0 Å². The Morgan fingerprint density at radius 1 is 1.16 bits per heavy atom. The third-order valence-electron chi connectivity index (χ3n) is 7.72. The van der Waals surface area contributed by atoms with Crippen LogP contribution < -0.4 is 0 Å². The molecular formula is C29H40N4O4. The Morgan fingerprint density at radius 2 is 1.92 bits per heavy atom. The third-order valence-corrected chi connectivity index (χ3v) is 7.72. The SMILES string of the molecule is CC(C)OC(=O)C1=CN(C(=O)N2CCC[C@@H](CN3CCOCC3)C2)CC(C)(C)c2c1[nH]c1ccccc21. The molecule has 200 valence electrons. The summed E-state index contributed by atoms with van der Waals surface area (Å²) in [7, 11) is 0. The largest absolute Gasteiger partial charge is 0.459 e. The van der Waals surface area contributed by atoms with Crippen molar-refractivity contribution in [3.63, 3.8) is 0 Å². The first kappa shape index (κ1) is 25.8. The fourth-order valence-electron chi connectivity index (χ4n) is 6.09. The second-order valence-corrected chi connectivity index (χ2v) is 11.6. The normalized spacial score (nSPS) is 22.5. The minimum atomic E-state index is -0.415. The van der Waals surface area contributed by atoms with Gasteiger partial charge in [-0.25, -0.2) is 9.59 Å². The third kappa shape index (κ3) is 5.41. The van der Waals surface area contributed by atoms with Crippen molar-refractivity contribution >= 4 is 28.5 Å². The molecule has 1 atom stereocenters. The number of nitrogens with one attached hydrogen (secondary N) is 1. The highest BCUT2D eigenvalue weighted by Crippen LogP contribution is 2.40. The van der Waals surface area contributed by atoms with Gasteiger partial charge in [-0.1, -0.05) is 32.0 Å². The lowest BCUT2D eigenvalue weighted by molar-refractivity contribution is -0.140. The van der Waals surface area contributed by atoms with E-state index in [0.717, 1.165) is 80.9 Å². The Labute approximate surface area is 219 Å². The van der Waals surface area contributed by atoms with Crippen molar-refractivity contribution in [1.29, 1.82) is 0 Å². The van der Waals surface area contributed by atoms with E-state index in [0.29, 0.717) is 18.0 Å². The van der Waals surface area contributed by atoms with E-state index in [2.05, 4.69) is 29.8 Å². The zero-order valence-electron chi connectivity index (χ0n) is 22.6. The molecule has 0 bridgehead atoms. The van der Waals surface area contributed by atoms with Gasteiger partial charge in [0.25, 0.3) is 0 Å². The van der Waals surface area contributed by atoms with Gasteiger partial charge >= 0.3 is 12.0 Å². The van der Waals surface area contributed by atoms with Crippen molar-refractivity contribution in [2.24, 2.45) is 5.92 Å². The van der Waals surface area contributed by atoms with Crippen LogP contribution in [0.3, 0.4) is 0 Å². The van der Waals surface area contributed by atoms with Crippen LogP contribution in [0.2, 0.25) is 0 Å². The number of H-pyrrole nitrogens is 1. The molecule has 1 aromatic carbocycles. The summed E-state index contributed by atoms with van der Waals surface area (Å²) in [4.78, 5) is 37.0. The molecule has 2 fully saturated rings. The molecule has 0 saturated carbocycles. The van der Waals surface area contributed by atoms with Crippen LogP contribution in [0.4, 0.5) is 4.79 Å². The molecule has 2 amide bonds. The minimum absolute atomic E-state index is 0.0379. The summed E-state index contributed by atoms with van der Waals surface area (Å²) in [5.41, 5.74) is 2.79. The van der Waals surface area contributed by atoms with Gasteiger partial charge in [-0.2, -0.15) is 0 Å². The maximum atomic E-state index is 14.0. The fraction of sp³-hybridized carbons (Fsp3) is 0.586. The summed E-state index contributed by atoms with van der Waals surface area (Å²) in [6.07, 6.45) is 3.59. The lowest BCUT2D eigenvalue weighted by atomic mass is 9.82. The van der Waals surface area contributed by atoms with Gasteiger partial charge < -0.3 is 19.4 Å². The van der Waals surface area contributed by atoms with E-state index in [1.807, 2.05) is 36.9 Å². The number of amides is 2. The number of benzene rings is 1. The zero-order chi connectivity index (χ0) is 26.2. The topological polar surface area (TPSA) is 78.1 Å². The van der Waals surface area contributed by atoms with Gasteiger partial charge in [-0.05, 0) is 44.2 Å². The Hall–Kier alpha value is -2.84. The van der Waals surface area contributed by atoms with Gasteiger partial charge in [0.05, 0.1) is 30.6 Å². The number of piperidine rings is 1. The molecule has 0 aliphatic carbocycles. The van der Waals surface area contributed by atoms with E-state index in [1.54, 1.807) is 11.1 Å². The molecule has 2 aromatic rings. The second-order valence-electron chi connectivity index (χ2n) is 11.6. The quantitative estimate of drug-likeness (QED) is 0.626. The van der Waals surface area contributed by atoms with Crippen LogP contribution in [-0.4, -0.2) is 90.3 Å². The number of rotatable bonds is 4. The van der Waals surface area contributed by atoms with Crippen LogP contribution in [-0.2, 0) is 19.7 Å². The monoisotopic (exact) mass is 508 g/mol. The molecule has 0 unspecified atom stereocenters. The Morgan fingerprint density at radius 3 is 2.68 bits per heavy atom. The summed E-state index contributed by atoms with van der Waals surface area (Å²) in [6.45, 7) is 14.4. The number of aromatic nitrogens is 1. The number of urea groups is 1. The number of carbonyl (C=O) groups excluding carboxylic acids is 2. The molecule has 8 nitrogen and oxygen atoms in total. The zero-order valence-corrected chi connectivity index (χ0v) is 22.6. The van der Waals surface area contributed by atoms with Gasteiger partial charge in [-0.15, -0.1) is 0 Å². The van der Waals surface area contributed by atoms with Crippen LogP contribution in [0.25, 0.3) is 16.5 Å². The predicted octanol–water partition coefficient (Wildman–Crippen LogP) is 4.22. The average Bonchev–Trinajstić information content (AvgIpc) is 3.21. The van der Waals surface area contributed by atoms with Gasteiger partial charge in [-0.3, -0.25) is 9.80 Å². The molecular weight excluding hydrogens is 468 g/mol. The molecule has 4 heterocycles. The van der Waals surface area contributed by atoms with Crippen molar-refractivity contribution in [2.45, 2.75) is 52.1 Å². The summed E-state index contributed by atoms with van der Waals surface area (Å²) >= 11 is 0. The Kier molecular flexibility index (Phi) is 7.32. The summed E-state index contributed by atoms with van der Waals surface area (Å²) in [5, 5.41) is 1.07. The molecule has 37 heavy (non-hydrogen) atoms. The van der Waals surface area contributed by atoms with E-state index in [-0.39, 0.29) is 17.6 Å². The maximum absolute atomic E-state index is 14.0. The highest BCUT2D eigenvalue weighted by Gasteiger charge is 2.39. The Bertz CT molecular complexity index is 1180. The van der Waals surface area contributed by atoms with E-state index in [1.165, 1.54) is 0 Å². The number of para-hydroxylation sites is 1. The highest BCUT2D eigenvalue weighted by atomic mass is 16.5. The smallest absolute Gasteiger partial charge is 0.342 e. The van der Waals surface area contributed by atoms with Gasteiger partial charge in [0, 0.05) is 61.8 Å². The number of likely N-dealkylation sites (tertiary alicyclic amines) is 1. The molecule has 8 heteroatoms. The van der Waals surface area contributed by atoms with E-state index in [4.69, 9.17) is 9.47 Å². The van der Waals surface area contributed by atoms with Crippen LogP contribution in [0, 0.1) is 5.92 Å². The molecule has 1 N–H and O–H groups in total. The number of hydrogen-bond donors (Lipinski definition) is 1. The molecule has 3 aliphatic heterocycles. The lowest BCUT2D eigenvalue weighted by Crippen LogP contribution is -2.50. The molecule has 3 aliphatic rings. The van der Waals surface area contributed by atoms with E-state index in [9.17, 15) is 9.59 Å². The number of hydrogen-bond acceptors (Lipinski definition) is 5.